The predicted molar refractivity (Wildman–Crippen MR) is 48.9 cm³/mol. The summed E-state index contributed by atoms with van der Waals surface area (Å²) in [6.45, 7) is 2.26. The molecule has 68 valence electrons. The van der Waals surface area contributed by atoms with Gasteiger partial charge in [0.1, 0.15) is 6.29 Å². The van der Waals surface area contributed by atoms with Crippen LogP contribution < -0.4 is 0 Å². The molecule has 0 amide bonds. The molecule has 1 heteroatoms. The summed E-state index contributed by atoms with van der Waals surface area (Å²) in [5.41, 5.74) is 0.147. The lowest BCUT2D eigenvalue weighted by Gasteiger charge is -2.36. The van der Waals surface area contributed by atoms with Crippen LogP contribution in [-0.2, 0) is 4.79 Å². The highest BCUT2D eigenvalue weighted by molar-refractivity contribution is 5.60. The Morgan fingerprint density at radius 2 is 2.17 bits per heavy atom. The molecule has 1 nitrogen and oxygen atoms in total. The Kier molecular flexibility index (Phi) is 1.97. The van der Waals surface area contributed by atoms with E-state index in [-0.39, 0.29) is 5.41 Å². The van der Waals surface area contributed by atoms with Crippen LogP contribution in [0.2, 0.25) is 0 Å². The molecule has 0 unspecified atom stereocenters. The lowest BCUT2D eigenvalue weighted by atomic mass is 9.66. The van der Waals surface area contributed by atoms with Crippen molar-refractivity contribution in [2.75, 3.05) is 0 Å². The van der Waals surface area contributed by atoms with Crippen molar-refractivity contribution in [2.24, 2.45) is 17.3 Å². The Morgan fingerprint density at radius 3 is 2.50 bits per heavy atom. The van der Waals surface area contributed by atoms with E-state index in [9.17, 15) is 4.79 Å². The number of rotatable bonds is 4. The molecule has 0 aromatic carbocycles. The normalized spacial score (nSPS) is 37.1. The minimum atomic E-state index is 0.147. The van der Waals surface area contributed by atoms with Gasteiger partial charge in [-0.3, -0.25) is 0 Å². The zero-order valence-corrected chi connectivity index (χ0v) is 7.88. The molecule has 0 N–H and O–H groups in total. The van der Waals surface area contributed by atoms with Gasteiger partial charge in [-0.05, 0) is 37.5 Å². The number of carbonyl (C=O) groups is 1. The number of hydrogen-bond acceptors (Lipinski definition) is 1. The van der Waals surface area contributed by atoms with Gasteiger partial charge in [-0.2, -0.15) is 0 Å². The van der Waals surface area contributed by atoms with E-state index in [0.29, 0.717) is 0 Å². The molecule has 0 aromatic rings. The quantitative estimate of drug-likeness (QED) is 0.587. The third-order valence-electron chi connectivity index (χ3n) is 3.86. The van der Waals surface area contributed by atoms with Crippen LogP contribution in [0.4, 0.5) is 0 Å². The fourth-order valence-corrected chi connectivity index (χ4v) is 2.58. The van der Waals surface area contributed by atoms with Crippen molar-refractivity contribution in [1.29, 1.82) is 0 Å². The zero-order valence-electron chi connectivity index (χ0n) is 7.88. The lowest BCUT2D eigenvalue weighted by Crippen LogP contribution is -2.31. The van der Waals surface area contributed by atoms with E-state index in [1.54, 1.807) is 0 Å². The van der Waals surface area contributed by atoms with Gasteiger partial charge >= 0.3 is 0 Å². The molecule has 2 fully saturated rings. The SMILES string of the molecule is CC[C@@H]1C[C@H]1CC1(C=O)CCC1. The monoisotopic (exact) mass is 166 g/mol. The molecule has 12 heavy (non-hydrogen) atoms. The number of hydrogen-bond donors (Lipinski definition) is 0. The van der Waals surface area contributed by atoms with Gasteiger partial charge in [0, 0.05) is 5.41 Å². The maximum Gasteiger partial charge on any atom is 0.126 e. The van der Waals surface area contributed by atoms with Crippen LogP contribution in [0.25, 0.3) is 0 Å². The topological polar surface area (TPSA) is 17.1 Å². The fourth-order valence-electron chi connectivity index (χ4n) is 2.58. The van der Waals surface area contributed by atoms with Gasteiger partial charge in [-0.15, -0.1) is 0 Å². The van der Waals surface area contributed by atoms with Crippen molar-refractivity contribution in [3.63, 3.8) is 0 Å². The van der Waals surface area contributed by atoms with Crippen molar-refractivity contribution in [2.45, 2.75) is 45.4 Å². The summed E-state index contributed by atoms with van der Waals surface area (Å²) < 4.78 is 0. The lowest BCUT2D eigenvalue weighted by molar-refractivity contribution is -0.121. The summed E-state index contributed by atoms with van der Waals surface area (Å²) in [5.74, 6) is 1.86. The summed E-state index contributed by atoms with van der Waals surface area (Å²) in [5, 5.41) is 0. The van der Waals surface area contributed by atoms with Gasteiger partial charge in [0.2, 0.25) is 0 Å². The van der Waals surface area contributed by atoms with Crippen LogP contribution in [-0.4, -0.2) is 6.29 Å². The minimum Gasteiger partial charge on any atom is -0.303 e. The largest absolute Gasteiger partial charge is 0.303 e. The first-order chi connectivity index (χ1) is 5.79. The molecule has 0 aliphatic heterocycles. The molecule has 2 rings (SSSR count). The first-order valence-corrected chi connectivity index (χ1v) is 5.26. The van der Waals surface area contributed by atoms with Gasteiger partial charge < -0.3 is 4.79 Å². The van der Waals surface area contributed by atoms with E-state index in [0.717, 1.165) is 11.8 Å². The molecule has 0 radical (unpaired) electrons. The summed E-state index contributed by atoms with van der Waals surface area (Å²) in [7, 11) is 0. The van der Waals surface area contributed by atoms with Crippen molar-refractivity contribution in [3.8, 4) is 0 Å². The molecule has 0 aromatic heterocycles. The van der Waals surface area contributed by atoms with Gasteiger partial charge in [-0.1, -0.05) is 19.8 Å². The second kappa shape index (κ2) is 2.86. The van der Waals surface area contributed by atoms with Crippen LogP contribution in [0.3, 0.4) is 0 Å². The van der Waals surface area contributed by atoms with E-state index in [1.807, 2.05) is 0 Å². The van der Waals surface area contributed by atoms with Crippen LogP contribution in [0.1, 0.15) is 45.4 Å². The highest BCUT2D eigenvalue weighted by Gasteiger charge is 2.45. The molecular weight excluding hydrogens is 148 g/mol. The Labute approximate surface area is 74.5 Å². The summed E-state index contributed by atoms with van der Waals surface area (Å²) in [6.07, 6.45) is 8.78. The van der Waals surface area contributed by atoms with Gasteiger partial charge in [-0.25, -0.2) is 0 Å². The highest BCUT2D eigenvalue weighted by atomic mass is 16.1. The van der Waals surface area contributed by atoms with Crippen molar-refractivity contribution < 1.29 is 4.79 Å². The van der Waals surface area contributed by atoms with Crippen molar-refractivity contribution in [1.82, 2.24) is 0 Å². The molecule has 2 aliphatic carbocycles. The molecule has 0 heterocycles. The van der Waals surface area contributed by atoms with E-state index < -0.39 is 0 Å². The average molecular weight is 166 g/mol. The second-order valence-electron chi connectivity index (χ2n) is 4.70. The zero-order chi connectivity index (χ0) is 8.60. The first kappa shape index (κ1) is 8.28. The highest BCUT2D eigenvalue weighted by Crippen LogP contribution is 2.53. The summed E-state index contributed by atoms with van der Waals surface area (Å²) >= 11 is 0. The predicted octanol–water partition coefficient (Wildman–Crippen LogP) is 2.79. The Hall–Kier alpha value is -0.330. The van der Waals surface area contributed by atoms with Crippen molar-refractivity contribution in [3.05, 3.63) is 0 Å². The van der Waals surface area contributed by atoms with E-state index >= 15 is 0 Å². The minimum absolute atomic E-state index is 0.147. The van der Waals surface area contributed by atoms with Gasteiger partial charge in [0.05, 0.1) is 0 Å². The Bertz CT molecular complexity index is 181. The third-order valence-corrected chi connectivity index (χ3v) is 3.86. The molecular formula is C11H18O. The molecule has 2 atom stereocenters. The van der Waals surface area contributed by atoms with E-state index in [1.165, 1.54) is 44.8 Å². The van der Waals surface area contributed by atoms with Gasteiger partial charge in [0.25, 0.3) is 0 Å². The first-order valence-electron chi connectivity index (χ1n) is 5.26. The Balaban J connectivity index is 1.82. The maximum absolute atomic E-state index is 10.9. The Morgan fingerprint density at radius 1 is 1.42 bits per heavy atom. The molecule has 0 bridgehead atoms. The molecule has 2 aliphatic rings. The number of aldehydes is 1. The second-order valence-corrected chi connectivity index (χ2v) is 4.70. The smallest absolute Gasteiger partial charge is 0.126 e. The maximum atomic E-state index is 10.9. The summed E-state index contributed by atoms with van der Waals surface area (Å²) in [6, 6.07) is 0. The average Bonchev–Trinajstić information content (AvgIpc) is 2.75. The van der Waals surface area contributed by atoms with E-state index in [2.05, 4.69) is 6.92 Å². The molecule has 0 spiro atoms. The van der Waals surface area contributed by atoms with Crippen LogP contribution in [0.5, 0.6) is 0 Å². The van der Waals surface area contributed by atoms with Crippen LogP contribution in [0, 0.1) is 17.3 Å². The number of carbonyl (C=O) groups excluding carboxylic acids is 1. The fraction of sp³-hybridized carbons (Fsp3) is 0.909. The van der Waals surface area contributed by atoms with Gasteiger partial charge in [0.15, 0.2) is 0 Å². The van der Waals surface area contributed by atoms with Crippen molar-refractivity contribution >= 4 is 6.29 Å². The molecule has 0 saturated heterocycles. The third kappa shape index (κ3) is 1.30. The van der Waals surface area contributed by atoms with Crippen LogP contribution >= 0.6 is 0 Å². The summed E-state index contributed by atoms with van der Waals surface area (Å²) in [4.78, 5) is 10.9. The van der Waals surface area contributed by atoms with E-state index in [4.69, 9.17) is 0 Å². The molecule has 2 saturated carbocycles. The van der Waals surface area contributed by atoms with Crippen LogP contribution in [0.15, 0.2) is 0 Å². The standard InChI is InChI=1S/C11H18O/c1-2-9-6-10(9)7-11(8-12)4-3-5-11/h8-10H,2-7H2,1H3/t9-,10+/m1/s1.